The average molecular weight is 404 g/mol. The molecule has 2 aromatic carbocycles. The summed E-state index contributed by atoms with van der Waals surface area (Å²) < 4.78 is 13.0. The maximum absolute atomic E-state index is 12.7. The van der Waals surface area contributed by atoms with E-state index < -0.39 is 0 Å². The van der Waals surface area contributed by atoms with Gasteiger partial charge in [0.1, 0.15) is 11.6 Å². The first-order chi connectivity index (χ1) is 14.8. The molecule has 0 amide bonds. The zero-order valence-corrected chi connectivity index (χ0v) is 16.7. The predicted octanol–water partition coefficient (Wildman–Crippen LogP) is 2.97. The molecule has 0 unspecified atom stereocenters. The van der Waals surface area contributed by atoms with Crippen molar-refractivity contribution in [1.82, 2.24) is 19.4 Å². The van der Waals surface area contributed by atoms with Gasteiger partial charge >= 0.3 is 0 Å². The lowest BCUT2D eigenvalue weighted by Gasteiger charge is -2.26. The molecule has 2 aromatic heterocycles. The number of fused-ring (bicyclic) bond motifs is 2. The van der Waals surface area contributed by atoms with Crippen molar-refractivity contribution in [2.75, 3.05) is 39.5 Å². The highest BCUT2D eigenvalue weighted by atomic mass is 16.5. The summed E-state index contributed by atoms with van der Waals surface area (Å²) in [4.78, 5) is 22.7. The van der Waals surface area contributed by atoms with Gasteiger partial charge in [-0.15, -0.1) is 0 Å². The molecule has 30 heavy (non-hydrogen) atoms. The largest absolute Gasteiger partial charge is 0.493 e. The number of H-pyrrole nitrogens is 1. The standard InChI is InChI=1S/C23H24N4O3/c28-23-16-24-20-7-6-18(30-11-3-8-26-9-12-29-13-10-26)15-21(20)27(23)22-14-17-4-1-2-5-19(17)25-22/h1-2,4-7,14-16,25H,3,8-13H2. The molecule has 0 bridgehead atoms. The van der Waals surface area contributed by atoms with Crippen molar-refractivity contribution in [3.05, 3.63) is 65.1 Å². The quantitative estimate of drug-likeness (QED) is 0.500. The smallest absolute Gasteiger partial charge is 0.275 e. The van der Waals surface area contributed by atoms with Crippen molar-refractivity contribution in [2.45, 2.75) is 6.42 Å². The van der Waals surface area contributed by atoms with Crippen molar-refractivity contribution in [3.8, 4) is 11.6 Å². The number of hydrogen-bond donors (Lipinski definition) is 1. The molecule has 1 N–H and O–H groups in total. The van der Waals surface area contributed by atoms with E-state index >= 15 is 0 Å². The van der Waals surface area contributed by atoms with Crippen molar-refractivity contribution >= 4 is 21.9 Å². The summed E-state index contributed by atoms with van der Waals surface area (Å²) in [5, 5.41) is 1.06. The molecule has 7 heteroatoms. The fourth-order valence-electron chi connectivity index (χ4n) is 3.91. The molecule has 0 spiro atoms. The molecule has 154 valence electrons. The van der Waals surface area contributed by atoms with E-state index in [1.807, 2.05) is 48.5 Å². The van der Waals surface area contributed by atoms with Crippen LogP contribution in [-0.2, 0) is 4.74 Å². The zero-order chi connectivity index (χ0) is 20.3. The molecule has 1 aliphatic rings. The minimum atomic E-state index is -0.182. The van der Waals surface area contributed by atoms with Gasteiger partial charge in [-0.25, -0.2) is 4.98 Å². The Kier molecular flexibility index (Phi) is 5.21. The van der Waals surface area contributed by atoms with Gasteiger partial charge in [-0.05, 0) is 30.7 Å². The number of nitrogens with one attached hydrogen (secondary N) is 1. The fraction of sp³-hybridized carbons (Fsp3) is 0.304. The van der Waals surface area contributed by atoms with Gasteiger partial charge in [-0.3, -0.25) is 14.3 Å². The second kappa shape index (κ2) is 8.30. The Labute approximate surface area is 173 Å². The topological polar surface area (TPSA) is 72.4 Å². The second-order valence-corrected chi connectivity index (χ2v) is 7.48. The predicted molar refractivity (Wildman–Crippen MR) is 117 cm³/mol. The van der Waals surface area contributed by atoms with Crippen LogP contribution in [0.25, 0.3) is 27.8 Å². The van der Waals surface area contributed by atoms with Crippen LogP contribution in [0.1, 0.15) is 6.42 Å². The molecule has 3 heterocycles. The average Bonchev–Trinajstić information content (AvgIpc) is 3.21. The molecule has 7 nitrogen and oxygen atoms in total. The summed E-state index contributed by atoms with van der Waals surface area (Å²) in [7, 11) is 0. The Bertz CT molecular complexity index is 1190. The van der Waals surface area contributed by atoms with Crippen LogP contribution < -0.4 is 10.3 Å². The third-order valence-corrected chi connectivity index (χ3v) is 5.47. The van der Waals surface area contributed by atoms with Crippen LogP contribution in [-0.4, -0.2) is 58.9 Å². The van der Waals surface area contributed by atoms with Crippen LogP contribution in [0.2, 0.25) is 0 Å². The summed E-state index contributed by atoms with van der Waals surface area (Å²) in [6.45, 7) is 5.21. The summed E-state index contributed by atoms with van der Waals surface area (Å²) in [6, 6.07) is 15.6. The number of nitrogens with zero attached hydrogens (tertiary/aromatic N) is 3. The molecule has 5 rings (SSSR count). The molecular formula is C23H24N4O3. The number of aromatic amines is 1. The van der Waals surface area contributed by atoms with Crippen molar-refractivity contribution in [2.24, 2.45) is 0 Å². The van der Waals surface area contributed by atoms with Gasteiger partial charge in [0.2, 0.25) is 0 Å². The van der Waals surface area contributed by atoms with E-state index in [-0.39, 0.29) is 5.56 Å². The first-order valence-electron chi connectivity index (χ1n) is 10.3. The van der Waals surface area contributed by atoms with Gasteiger partial charge in [-0.2, -0.15) is 0 Å². The van der Waals surface area contributed by atoms with E-state index in [1.54, 1.807) is 4.57 Å². The molecule has 4 aromatic rings. The van der Waals surface area contributed by atoms with Crippen LogP contribution in [0.15, 0.2) is 59.5 Å². The molecule has 0 saturated carbocycles. The van der Waals surface area contributed by atoms with E-state index in [9.17, 15) is 4.79 Å². The minimum Gasteiger partial charge on any atom is -0.493 e. The molecule has 1 saturated heterocycles. The van der Waals surface area contributed by atoms with E-state index in [0.29, 0.717) is 6.61 Å². The lowest BCUT2D eigenvalue weighted by atomic mass is 10.2. The Hall–Kier alpha value is -3.16. The van der Waals surface area contributed by atoms with Crippen LogP contribution in [0.3, 0.4) is 0 Å². The summed E-state index contributed by atoms with van der Waals surface area (Å²) in [6.07, 6.45) is 2.30. The second-order valence-electron chi connectivity index (χ2n) is 7.48. The number of morpholine rings is 1. The van der Waals surface area contributed by atoms with Gasteiger partial charge in [0, 0.05) is 36.6 Å². The van der Waals surface area contributed by atoms with Gasteiger partial charge in [0.25, 0.3) is 5.56 Å². The Morgan fingerprint density at radius 1 is 1.10 bits per heavy atom. The molecule has 0 aliphatic carbocycles. The number of rotatable bonds is 6. The minimum absolute atomic E-state index is 0.182. The van der Waals surface area contributed by atoms with Gasteiger partial charge in [0.05, 0.1) is 37.1 Å². The molecular weight excluding hydrogens is 380 g/mol. The Morgan fingerprint density at radius 2 is 1.97 bits per heavy atom. The lowest BCUT2D eigenvalue weighted by Crippen LogP contribution is -2.37. The monoisotopic (exact) mass is 404 g/mol. The van der Waals surface area contributed by atoms with E-state index in [1.165, 1.54) is 6.20 Å². The molecule has 1 fully saturated rings. The Morgan fingerprint density at radius 3 is 2.83 bits per heavy atom. The van der Waals surface area contributed by atoms with Crippen LogP contribution >= 0.6 is 0 Å². The SMILES string of the molecule is O=c1cnc2ccc(OCCCN3CCOCC3)cc2n1-c1cc2ccccc2[nH]1. The summed E-state index contributed by atoms with van der Waals surface area (Å²) in [5.74, 6) is 1.46. The number of para-hydroxylation sites is 1. The number of ether oxygens (including phenoxy) is 2. The first kappa shape index (κ1) is 18.8. The van der Waals surface area contributed by atoms with Gasteiger partial charge in [0.15, 0.2) is 0 Å². The number of aromatic nitrogens is 3. The lowest BCUT2D eigenvalue weighted by molar-refractivity contribution is 0.0358. The molecule has 1 aliphatic heterocycles. The van der Waals surface area contributed by atoms with Crippen molar-refractivity contribution in [1.29, 1.82) is 0 Å². The third-order valence-electron chi connectivity index (χ3n) is 5.47. The van der Waals surface area contributed by atoms with Crippen LogP contribution in [0.5, 0.6) is 5.75 Å². The van der Waals surface area contributed by atoms with E-state index in [4.69, 9.17) is 9.47 Å². The van der Waals surface area contributed by atoms with Crippen molar-refractivity contribution in [3.63, 3.8) is 0 Å². The maximum Gasteiger partial charge on any atom is 0.275 e. The molecule has 0 atom stereocenters. The Balaban J connectivity index is 1.39. The highest BCUT2D eigenvalue weighted by Crippen LogP contribution is 2.23. The van der Waals surface area contributed by atoms with Crippen molar-refractivity contribution < 1.29 is 9.47 Å². The summed E-state index contributed by atoms with van der Waals surface area (Å²) in [5.41, 5.74) is 2.27. The van der Waals surface area contributed by atoms with Gasteiger partial charge < -0.3 is 14.5 Å². The highest BCUT2D eigenvalue weighted by Gasteiger charge is 2.12. The van der Waals surface area contributed by atoms with Crippen LogP contribution in [0.4, 0.5) is 0 Å². The fourth-order valence-corrected chi connectivity index (χ4v) is 3.91. The van der Waals surface area contributed by atoms with E-state index in [2.05, 4.69) is 14.9 Å². The molecule has 0 radical (unpaired) electrons. The number of hydrogen-bond acceptors (Lipinski definition) is 5. The number of benzene rings is 2. The van der Waals surface area contributed by atoms with E-state index in [0.717, 1.165) is 72.8 Å². The highest BCUT2D eigenvalue weighted by molar-refractivity contribution is 5.84. The normalized spacial score (nSPS) is 15.1. The third kappa shape index (κ3) is 3.81. The zero-order valence-electron chi connectivity index (χ0n) is 16.7. The first-order valence-corrected chi connectivity index (χ1v) is 10.3. The van der Waals surface area contributed by atoms with Crippen LogP contribution in [0, 0.1) is 0 Å². The van der Waals surface area contributed by atoms with Gasteiger partial charge in [-0.1, -0.05) is 18.2 Å². The summed E-state index contributed by atoms with van der Waals surface area (Å²) >= 11 is 0. The maximum atomic E-state index is 12.7.